The summed E-state index contributed by atoms with van der Waals surface area (Å²) in [5.41, 5.74) is 0.187. The van der Waals surface area contributed by atoms with Gasteiger partial charge in [0.15, 0.2) is 11.6 Å². The van der Waals surface area contributed by atoms with Gasteiger partial charge in [-0.3, -0.25) is 0 Å². The quantitative estimate of drug-likeness (QED) is 0.132. The Morgan fingerprint density at radius 1 is 0.677 bits per heavy atom. The third-order valence-electron chi connectivity index (χ3n) is 5.53. The van der Waals surface area contributed by atoms with E-state index in [1.807, 2.05) is 20.8 Å². The highest BCUT2D eigenvalue weighted by molar-refractivity contribution is 5.20. The van der Waals surface area contributed by atoms with Crippen LogP contribution in [-0.4, -0.2) is 25.8 Å². The highest BCUT2D eigenvalue weighted by Crippen LogP contribution is 2.34. The Morgan fingerprint density at radius 2 is 1.19 bits per heavy atom. The lowest BCUT2D eigenvalue weighted by Crippen LogP contribution is -2.46. The normalized spacial score (nSPS) is 13.0. The summed E-state index contributed by atoms with van der Waals surface area (Å²) in [6, 6.07) is 1.57. The first-order chi connectivity index (χ1) is 14.9. The molecule has 1 aromatic rings. The molecule has 0 saturated heterocycles. The van der Waals surface area contributed by atoms with Gasteiger partial charge in [0.05, 0.1) is 0 Å². The van der Waals surface area contributed by atoms with E-state index in [-0.39, 0.29) is 11.5 Å². The summed E-state index contributed by atoms with van der Waals surface area (Å²) in [6.45, 7) is 9.27. The second-order valence-corrected chi connectivity index (χ2v) is 7.91. The molecule has 31 heavy (non-hydrogen) atoms. The fourth-order valence-electron chi connectivity index (χ4n) is 4.05. The Hall–Kier alpha value is -1.11. The molecule has 0 aliphatic carbocycles. The van der Waals surface area contributed by atoms with E-state index in [0.29, 0.717) is 45.1 Å². The summed E-state index contributed by atoms with van der Waals surface area (Å²) in [7, 11) is 0. The molecule has 0 amide bonds. The molecule has 0 aliphatic rings. The molecule has 1 aromatic carbocycles. The van der Waals surface area contributed by atoms with Crippen molar-refractivity contribution in [3.05, 3.63) is 35.1 Å². The molecular formula is C25H41F3O3. The van der Waals surface area contributed by atoms with Crippen LogP contribution < -0.4 is 0 Å². The van der Waals surface area contributed by atoms with E-state index in [2.05, 4.69) is 6.92 Å². The lowest BCUT2D eigenvalue weighted by Gasteiger charge is -2.39. The molecule has 6 heteroatoms. The van der Waals surface area contributed by atoms with Gasteiger partial charge >= 0.3 is 0 Å². The van der Waals surface area contributed by atoms with Gasteiger partial charge in [-0.05, 0) is 58.1 Å². The van der Waals surface area contributed by atoms with Crippen molar-refractivity contribution < 1.29 is 27.4 Å². The molecule has 0 fully saturated rings. The van der Waals surface area contributed by atoms with Crippen LogP contribution in [0.3, 0.4) is 0 Å². The Kier molecular flexibility index (Phi) is 14.1. The van der Waals surface area contributed by atoms with Gasteiger partial charge < -0.3 is 14.2 Å². The molecule has 1 atom stereocenters. The summed E-state index contributed by atoms with van der Waals surface area (Å²) in [5.74, 6) is -4.06. The van der Waals surface area contributed by atoms with E-state index in [1.54, 1.807) is 0 Å². The number of hydrogen-bond acceptors (Lipinski definition) is 3. The Morgan fingerprint density at radius 3 is 1.77 bits per heavy atom. The lowest BCUT2D eigenvalue weighted by molar-refractivity contribution is -0.403. The molecule has 1 unspecified atom stereocenters. The SMILES string of the molecule is CCCCCCCCC(CCCc1cc(F)c(F)cc1F)C(OCC)(OCC)OCC. The second kappa shape index (κ2) is 15.7. The molecule has 0 radical (unpaired) electrons. The molecule has 0 aromatic heterocycles. The van der Waals surface area contributed by atoms with Gasteiger partial charge in [0, 0.05) is 31.8 Å². The lowest BCUT2D eigenvalue weighted by atomic mass is 9.91. The number of rotatable bonds is 18. The standard InChI is InChI=1S/C25H41F3O3/c1-5-9-10-11-12-13-16-21(25(29-6-2,30-7-3)31-8-4)17-14-15-20-18-23(27)24(28)19-22(20)26/h18-19,21H,5-17H2,1-4H3. The maximum Gasteiger partial charge on any atom is 0.285 e. The fraction of sp³-hybridized carbons (Fsp3) is 0.760. The third kappa shape index (κ3) is 9.50. The van der Waals surface area contributed by atoms with Gasteiger partial charge in [0.1, 0.15) is 5.82 Å². The molecule has 0 aliphatic heterocycles. The number of unbranched alkanes of at least 4 members (excludes halogenated alkanes) is 5. The van der Waals surface area contributed by atoms with Crippen molar-refractivity contribution in [3.63, 3.8) is 0 Å². The van der Waals surface area contributed by atoms with Crippen molar-refractivity contribution in [2.75, 3.05) is 19.8 Å². The van der Waals surface area contributed by atoms with Crippen molar-refractivity contribution in [2.24, 2.45) is 5.92 Å². The van der Waals surface area contributed by atoms with Gasteiger partial charge in [0.2, 0.25) is 0 Å². The van der Waals surface area contributed by atoms with E-state index < -0.39 is 23.4 Å². The van der Waals surface area contributed by atoms with Crippen LogP contribution in [0.25, 0.3) is 0 Å². The number of ether oxygens (including phenoxy) is 3. The van der Waals surface area contributed by atoms with Crippen molar-refractivity contribution in [1.82, 2.24) is 0 Å². The maximum absolute atomic E-state index is 14.0. The Bertz CT molecular complexity index is 593. The van der Waals surface area contributed by atoms with Crippen LogP contribution in [0.5, 0.6) is 0 Å². The summed E-state index contributed by atoms with van der Waals surface area (Å²) < 4.78 is 58.8. The van der Waals surface area contributed by atoms with Crippen LogP contribution in [-0.2, 0) is 20.6 Å². The zero-order chi connectivity index (χ0) is 23.1. The van der Waals surface area contributed by atoms with Crippen molar-refractivity contribution in [3.8, 4) is 0 Å². The van der Waals surface area contributed by atoms with Gasteiger partial charge in [-0.2, -0.15) is 0 Å². The van der Waals surface area contributed by atoms with E-state index in [4.69, 9.17) is 14.2 Å². The summed E-state index contributed by atoms with van der Waals surface area (Å²) in [6.07, 6.45) is 9.52. The first kappa shape index (κ1) is 27.9. The molecule has 1 rings (SSSR count). The van der Waals surface area contributed by atoms with Crippen LogP contribution in [0.15, 0.2) is 12.1 Å². The third-order valence-corrected chi connectivity index (χ3v) is 5.53. The van der Waals surface area contributed by atoms with Crippen LogP contribution >= 0.6 is 0 Å². The molecule has 0 bridgehead atoms. The van der Waals surface area contributed by atoms with E-state index in [9.17, 15) is 13.2 Å². The Labute approximate surface area is 186 Å². The summed E-state index contributed by atoms with van der Waals surface area (Å²) >= 11 is 0. The number of benzene rings is 1. The van der Waals surface area contributed by atoms with E-state index in [0.717, 1.165) is 25.3 Å². The molecule has 0 spiro atoms. The molecule has 180 valence electrons. The van der Waals surface area contributed by atoms with Crippen LogP contribution in [0.2, 0.25) is 0 Å². The molecule has 0 heterocycles. The number of aryl methyl sites for hydroxylation is 1. The van der Waals surface area contributed by atoms with Crippen LogP contribution in [0.1, 0.15) is 91.0 Å². The average Bonchev–Trinajstić information content (AvgIpc) is 2.73. The Balaban J connectivity index is 2.85. The number of halogens is 3. The predicted molar refractivity (Wildman–Crippen MR) is 118 cm³/mol. The van der Waals surface area contributed by atoms with Crippen LogP contribution in [0, 0.1) is 23.4 Å². The minimum absolute atomic E-state index is 0.0353. The number of hydrogen-bond donors (Lipinski definition) is 0. The highest BCUT2D eigenvalue weighted by Gasteiger charge is 2.41. The van der Waals surface area contributed by atoms with Gasteiger partial charge in [0.25, 0.3) is 5.97 Å². The van der Waals surface area contributed by atoms with Gasteiger partial charge in [-0.1, -0.05) is 45.4 Å². The van der Waals surface area contributed by atoms with E-state index in [1.165, 1.54) is 25.7 Å². The molecule has 0 saturated carbocycles. The first-order valence-electron chi connectivity index (χ1n) is 12.0. The smallest absolute Gasteiger partial charge is 0.285 e. The van der Waals surface area contributed by atoms with E-state index >= 15 is 0 Å². The fourth-order valence-corrected chi connectivity index (χ4v) is 4.05. The minimum Gasteiger partial charge on any atom is -0.328 e. The highest BCUT2D eigenvalue weighted by atomic mass is 19.2. The van der Waals surface area contributed by atoms with Crippen LogP contribution in [0.4, 0.5) is 13.2 Å². The largest absolute Gasteiger partial charge is 0.328 e. The maximum atomic E-state index is 14.0. The van der Waals surface area contributed by atoms with Gasteiger partial charge in [-0.25, -0.2) is 13.2 Å². The second-order valence-electron chi connectivity index (χ2n) is 7.91. The molecule has 0 N–H and O–H groups in total. The minimum atomic E-state index is -1.16. The molecule has 3 nitrogen and oxygen atoms in total. The summed E-state index contributed by atoms with van der Waals surface area (Å²) in [5, 5.41) is 0. The topological polar surface area (TPSA) is 27.7 Å². The average molecular weight is 447 g/mol. The van der Waals surface area contributed by atoms with Crippen molar-refractivity contribution in [2.45, 2.75) is 97.9 Å². The first-order valence-corrected chi connectivity index (χ1v) is 12.0. The zero-order valence-electron chi connectivity index (χ0n) is 19.8. The zero-order valence-corrected chi connectivity index (χ0v) is 19.8. The molecular weight excluding hydrogens is 405 g/mol. The summed E-state index contributed by atoms with van der Waals surface area (Å²) in [4.78, 5) is 0. The van der Waals surface area contributed by atoms with Gasteiger partial charge in [-0.15, -0.1) is 0 Å². The van der Waals surface area contributed by atoms with Crippen molar-refractivity contribution in [1.29, 1.82) is 0 Å². The predicted octanol–water partition coefficient (Wildman–Crippen LogP) is 7.56. The van der Waals surface area contributed by atoms with Crippen molar-refractivity contribution >= 4 is 0 Å². The monoisotopic (exact) mass is 446 g/mol.